The lowest BCUT2D eigenvalue weighted by atomic mass is 9.74. The van der Waals surface area contributed by atoms with E-state index in [4.69, 9.17) is 18.9 Å². The van der Waals surface area contributed by atoms with Crippen LogP contribution in [0.4, 0.5) is 5.69 Å². The fraction of sp³-hybridized carbons (Fsp3) is 0.143. The summed E-state index contributed by atoms with van der Waals surface area (Å²) in [7, 11) is 0. The summed E-state index contributed by atoms with van der Waals surface area (Å²) in [5.74, 6) is 4.01. The van der Waals surface area contributed by atoms with Gasteiger partial charge in [0.05, 0.1) is 11.5 Å². The van der Waals surface area contributed by atoms with Gasteiger partial charge < -0.3 is 23.8 Å². The molecule has 0 bridgehead atoms. The van der Waals surface area contributed by atoms with Gasteiger partial charge in [-0.1, -0.05) is 103 Å². The molecule has 5 heteroatoms. The molecule has 3 aliphatic heterocycles. The molecule has 0 fully saturated rings. The molecular formula is C42H33NO4. The Morgan fingerprint density at radius 2 is 1.19 bits per heavy atom. The van der Waals surface area contributed by atoms with Crippen molar-refractivity contribution in [3.63, 3.8) is 0 Å². The first-order valence-electron chi connectivity index (χ1n) is 16.2. The molecule has 3 heterocycles. The molecule has 1 spiro atoms. The Morgan fingerprint density at radius 1 is 0.574 bits per heavy atom. The van der Waals surface area contributed by atoms with E-state index >= 15 is 0 Å². The van der Waals surface area contributed by atoms with Gasteiger partial charge in [-0.3, -0.25) is 0 Å². The summed E-state index contributed by atoms with van der Waals surface area (Å²) in [5.41, 5.74) is 7.99. The van der Waals surface area contributed by atoms with Crippen molar-refractivity contribution in [2.75, 3.05) is 31.3 Å². The lowest BCUT2D eigenvalue weighted by Crippen LogP contribution is -2.38. The average Bonchev–Trinajstić information content (AvgIpc) is 3.66. The van der Waals surface area contributed by atoms with Crippen LogP contribution < -0.4 is 23.8 Å². The van der Waals surface area contributed by atoms with Gasteiger partial charge in [0.25, 0.3) is 0 Å². The molecule has 0 N–H and O–H groups in total. The maximum Gasteiger partial charge on any atom is 0.165 e. The molecular weight excluding hydrogens is 582 g/mol. The lowest BCUT2D eigenvalue weighted by Gasteiger charge is -2.33. The number of ether oxygens (including phenoxy) is 4. The first kappa shape index (κ1) is 27.6. The first-order valence-corrected chi connectivity index (χ1v) is 16.2. The van der Waals surface area contributed by atoms with Crippen LogP contribution in [-0.4, -0.2) is 26.4 Å². The number of hydrogen-bond donors (Lipinski definition) is 0. The fourth-order valence-electron chi connectivity index (χ4n) is 7.54. The Labute approximate surface area is 274 Å². The monoisotopic (exact) mass is 615 g/mol. The number of fused-ring (bicyclic) bond motifs is 5. The molecule has 0 saturated carbocycles. The van der Waals surface area contributed by atoms with E-state index in [-0.39, 0.29) is 6.04 Å². The smallest absolute Gasteiger partial charge is 0.165 e. The minimum atomic E-state index is -0.432. The van der Waals surface area contributed by atoms with Crippen LogP contribution in [0.15, 0.2) is 146 Å². The largest absolute Gasteiger partial charge is 0.492 e. The van der Waals surface area contributed by atoms with Crippen LogP contribution in [0.1, 0.15) is 28.3 Å². The topological polar surface area (TPSA) is 40.2 Å². The molecule has 9 rings (SSSR count). The summed E-state index contributed by atoms with van der Waals surface area (Å²) in [5, 5.41) is 0. The van der Waals surface area contributed by atoms with Crippen LogP contribution >= 0.6 is 0 Å². The van der Waals surface area contributed by atoms with E-state index in [1.54, 1.807) is 0 Å². The summed E-state index contributed by atoms with van der Waals surface area (Å²) in [6, 6.07) is 50.8. The molecule has 6 aromatic carbocycles. The maximum absolute atomic E-state index is 6.59. The van der Waals surface area contributed by atoms with Crippen molar-refractivity contribution in [2.24, 2.45) is 0 Å². The van der Waals surface area contributed by atoms with Gasteiger partial charge in [0.2, 0.25) is 0 Å². The Morgan fingerprint density at radius 3 is 1.87 bits per heavy atom. The molecule has 0 amide bonds. The Kier molecular flexibility index (Phi) is 6.63. The second-order valence-electron chi connectivity index (χ2n) is 12.4. The highest BCUT2D eigenvalue weighted by atomic mass is 16.6. The van der Waals surface area contributed by atoms with Crippen LogP contribution in [0, 0.1) is 0 Å². The van der Waals surface area contributed by atoms with E-state index in [1.807, 2.05) is 36.4 Å². The summed E-state index contributed by atoms with van der Waals surface area (Å²) in [6.45, 7) is 2.35. The molecule has 6 aromatic rings. The van der Waals surface area contributed by atoms with Gasteiger partial charge >= 0.3 is 0 Å². The Hall–Kier alpha value is -5.68. The molecule has 0 saturated heterocycles. The van der Waals surface area contributed by atoms with Gasteiger partial charge in [0, 0.05) is 23.9 Å². The number of nitrogens with zero attached hydrogens (tertiary/aromatic N) is 1. The molecule has 230 valence electrons. The van der Waals surface area contributed by atoms with E-state index < -0.39 is 5.41 Å². The number of anilines is 1. The predicted molar refractivity (Wildman–Crippen MR) is 184 cm³/mol. The quantitative estimate of drug-likeness (QED) is 0.187. The summed E-state index contributed by atoms with van der Waals surface area (Å²) in [6.07, 6.45) is 0. The molecule has 3 aliphatic rings. The van der Waals surface area contributed by atoms with E-state index in [9.17, 15) is 0 Å². The van der Waals surface area contributed by atoms with Gasteiger partial charge in [-0.15, -0.1) is 0 Å². The minimum absolute atomic E-state index is 0.00804. The zero-order valence-electron chi connectivity index (χ0n) is 25.8. The van der Waals surface area contributed by atoms with Crippen LogP contribution in [0.2, 0.25) is 0 Å². The zero-order chi connectivity index (χ0) is 31.2. The van der Waals surface area contributed by atoms with E-state index in [1.165, 1.54) is 27.9 Å². The SMILES string of the molecule is c1ccc(Oc2ccc(-c3cccc4c3C3(COc5cc6c(cc53)OCCO6)CN4C(c3ccccc3)c3ccccc3)cc2)cc1. The van der Waals surface area contributed by atoms with Gasteiger partial charge in [0.1, 0.15) is 37.1 Å². The summed E-state index contributed by atoms with van der Waals surface area (Å²) >= 11 is 0. The number of para-hydroxylation sites is 1. The highest BCUT2D eigenvalue weighted by molar-refractivity contribution is 5.83. The van der Waals surface area contributed by atoms with Crippen LogP contribution in [0.5, 0.6) is 28.7 Å². The minimum Gasteiger partial charge on any atom is -0.492 e. The van der Waals surface area contributed by atoms with Crippen molar-refractivity contribution in [1.29, 1.82) is 0 Å². The normalized spacial score (nSPS) is 17.3. The third kappa shape index (κ3) is 4.69. The predicted octanol–water partition coefficient (Wildman–Crippen LogP) is 9.21. The fourth-order valence-corrected chi connectivity index (χ4v) is 7.54. The summed E-state index contributed by atoms with van der Waals surface area (Å²) in [4.78, 5) is 2.58. The standard InChI is InChI=1S/C42H33NO4/c1-4-11-30(12-5-1)41(31-13-6-2-7-14-31)43-27-42(28-46-37-26-39-38(25-35(37)42)44-23-24-45-39)40-34(17-10-18-36(40)43)29-19-21-33(22-20-29)47-32-15-8-3-9-16-32/h1-22,25-26,41H,23-24,27-28H2. The van der Waals surface area contributed by atoms with E-state index in [0.717, 1.165) is 46.4 Å². The third-order valence-electron chi connectivity index (χ3n) is 9.59. The average molecular weight is 616 g/mol. The molecule has 0 radical (unpaired) electrons. The molecule has 0 aliphatic carbocycles. The van der Waals surface area contributed by atoms with Crippen molar-refractivity contribution >= 4 is 5.69 Å². The first-order chi connectivity index (χ1) is 23.3. The highest BCUT2D eigenvalue weighted by Crippen LogP contribution is 2.58. The number of benzene rings is 6. The van der Waals surface area contributed by atoms with Crippen LogP contribution in [0.25, 0.3) is 11.1 Å². The molecule has 5 nitrogen and oxygen atoms in total. The van der Waals surface area contributed by atoms with Crippen molar-refractivity contribution < 1.29 is 18.9 Å². The van der Waals surface area contributed by atoms with Crippen molar-refractivity contribution in [1.82, 2.24) is 0 Å². The lowest BCUT2D eigenvalue weighted by molar-refractivity contribution is 0.171. The number of hydrogen-bond acceptors (Lipinski definition) is 5. The van der Waals surface area contributed by atoms with Crippen molar-refractivity contribution in [3.8, 4) is 39.9 Å². The summed E-state index contributed by atoms with van der Waals surface area (Å²) < 4.78 is 24.8. The van der Waals surface area contributed by atoms with Gasteiger partial charge in [0.15, 0.2) is 11.5 Å². The molecule has 47 heavy (non-hydrogen) atoms. The second-order valence-corrected chi connectivity index (χ2v) is 12.4. The Balaban J connectivity index is 1.22. The van der Waals surface area contributed by atoms with E-state index in [0.29, 0.717) is 19.8 Å². The second kappa shape index (κ2) is 11.3. The molecule has 1 atom stereocenters. The van der Waals surface area contributed by atoms with Crippen molar-refractivity contribution in [2.45, 2.75) is 11.5 Å². The van der Waals surface area contributed by atoms with E-state index in [2.05, 4.69) is 114 Å². The number of rotatable bonds is 6. The third-order valence-corrected chi connectivity index (χ3v) is 9.59. The van der Waals surface area contributed by atoms with Gasteiger partial charge in [-0.05, 0) is 64.2 Å². The van der Waals surface area contributed by atoms with Gasteiger partial charge in [-0.25, -0.2) is 0 Å². The van der Waals surface area contributed by atoms with Crippen LogP contribution in [0.3, 0.4) is 0 Å². The zero-order valence-corrected chi connectivity index (χ0v) is 25.8. The Bertz CT molecular complexity index is 2010. The van der Waals surface area contributed by atoms with Crippen molar-refractivity contribution in [3.05, 3.63) is 168 Å². The molecule has 1 unspecified atom stereocenters. The van der Waals surface area contributed by atoms with Crippen LogP contribution in [-0.2, 0) is 5.41 Å². The highest BCUT2D eigenvalue weighted by Gasteiger charge is 2.53. The molecule has 0 aromatic heterocycles. The maximum atomic E-state index is 6.59. The van der Waals surface area contributed by atoms with Gasteiger partial charge in [-0.2, -0.15) is 0 Å².